The van der Waals surface area contributed by atoms with Crippen LogP contribution in [0.1, 0.15) is 11.1 Å². The first-order chi connectivity index (χ1) is 14.2. The number of para-hydroxylation sites is 1. The van der Waals surface area contributed by atoms with E-state index in [9.17, 15) is 4.79 Å². The van der Waals surface area contributed by atoms with Crippen molar-refractivity contribution in [3.8, 4) is 22.6 Å². The minimum atomic E-state index is -0.443. The van der Waals surface area contributed by atoms with Crippen LogP contribution in [-0.2, 0) is 17.7 Å². The topological polar surface area (TPSA) is 56.8 Å². The third-order valence-corrected chi connectivity index (χ3v) is 4.89. The van der Waals surface area contributed by atoms with Crippen LogP contribution >= 0.6 is 0 Å². The molecule has 1 heterocycles. The quantitative estimate of drug-likeness (QED) is 0.670. The largest absolute Gasteiger partial charge is 0.497 e. The van der Waals surface area contributed by atoms with Gasteiger partial charge in [0, 0.05) is 18.5 Å². The number of amides is 1. The van der Waals surface area contributed by atoms with E-state index in [0.29, 0.717) is 13.0 Å². The van der Waals surface area contributed by atoms with Crippen LogP contribution in [0.3, 0.4) is 0 Å². The van der Waals surface area contributed by atoms with Crippen molar-refractivity contribution in [3.63, 3.8) is 0 Å². The molecule has 1 atom stereocenters. The van der Waals surface area contributed by atoms with Crippen molar-refractivity contribution in [1.29, 1.82) is 0 Å². The molecular formula is C24H23NO4. The van der Waals surface area contributed by atoms with Crippen LogP contribution in [-0.4, -0.2) is 25.9 Å². The maximum atomic E-state index is 12.0. The van der Waals surface area contributed by atoms with Gasteiger partial charge in [0.05, 0.1) is 7.11 Å². The van der Waals surface area contributed by atoms with E-state index in [1.165, 1.54) is 0 Å². The normalized spacial score (nSPS) is 14.6. The average Bonchev–Trinajstić information content (AvgIpc) is 3.20. The Bertz CT molecular complexity index is 987. The smallest absolute Gasteiger partial charge is 0.407 e. The highest BCUT2D eigenvalue weighted by Gasteiger charge is 2.27. The summed E-state index contributed by atoms with van der Waals surface area (Å²) in [5.41, 5.74) is 4.18. The lowest BCUT2D eigenvalue weighted by molar-refractivity contribution is 0.0924. The van der Waals surface area contributed by atoms with E-state index in [2.05, 4.69) is 11.4 Å². The van der Waals surface area contributed by atoms with Gasteiger partial charge in [-0.3, -0.25) is 0 Å². The highest BCUT2D eigenvalue weighted by Crippen LogP contribution is 2.39. The standard InChI is InChI=1S/C24H23NO4/c1-27-20-11-5-9-18(13-20)22-12-6-10-19-14-21(29-23(19)22)16-28-24(26)25-15-17-7-3-2-4-8-17/h2-13,21H,14-16H2,1H3,(H,25,26). The Balaban J connectivity index is 1.36. The molecule has 0 fully saturated rings. The van der Waals surface area contributed by atoms with Crippen molar-refractivity contribution in [3.05, 3.63) is 83.9 Å². The van der Waals surface area contributed by atoms with Gasteiger partial charge in [-0.05, 0) is 28.8 Å². The highest BCUT2D eigenvalue weighted by molar-refractivity contribution is 5.74. The van der Waals surface area contributed by atoms with E-state index in [0.717, 1.165) is 33.8 Å². The molecule has 1 aliphatic heterocycles. The fourth-order valence-electron chi connectivity index (χ4n) is 3.44. The van der Waals surface area contributed by atoms with Gasteiger partial charge in [-0.1, -0.05) is 60.7 Å². The number of rotatable bonds is 6. The molecule has 5 nitrogen and oxygen atoms in total. The average molecular weight is 389 g/mol. The van der Waals surface area contributed by atoms with Gasteiger partial charge in [-0.25, -0.2) is 4.79 Å². The van der Waals surface area contributed by atoms with E-state index in [1.807, 2.05) is 66.7 Å². The monoisotopic (exact) mass is 389 g/mol. The van der Waals surface area contributed by atoms with Gasteiger partial charge in [0.2, 0.25) is 0 Å². The molecule has 1 aliphatic rings. The molecule has 0 bridgehead atoms. The Morgan fingerprint density at radius 1 is 1.07 bits per heavy atom. The molecule has 0 aliphatic carbocycles. The number of ether oxygens (including phenoxy) is 3. The fraction of sp³-hybridized carbons (Fsp3) is 0.208. The molecule has 4 rings (SSSR count). The van der Waals surface area contributed by atoms with Crippen molar-refractivity contribution in [2.45, 2.75) is 19.1 Å². The van der Waals surface area contributed by atoms with Gasteiger partial charge in [-0.15, -0.1) is 0 Å². The summed E-state index contributed by atoms with van der Waals surface area (Å²) in [5, 5.41) is 2.76. The second kappa shape index (κ2) is 8.69. The first kappa shape index (κ1) is 18.9. The number of nitrogens with one attached hydrogen (secondary N) is 1. The van der Waals surface area contributed by atoms with Crippen LogP contribution in [0.15, 0.2) is 72.8 Å². The summed E-state index contributed by atoms with van der Waals surface area (Å²) in [6.45, 7) is 0.637. The van der Waals surface area contributed by atoms with Crippen molar-refractivity contribution in [1.82, 2.24) is 5.32 Å². The third-order valence-electron chi connectivity index (χ3n) is 4.89. The lowest BCUT2D eigenvalue weighted by Gasteiger charge is -2.14. The van der Waals surface area contributed by atoms with E-state index >= 15 is 0 Å². The van der Waals surface area contributed by atoms with Crippen LogP contribution in [0, 0.1) is 0 Å². The van der Waals surface area contributed by atoms with Gasteiger partial charge in [0.25, 0.3) is 0 Å². The van der Waals surface area contributed by atoms with E-state index in [4.69, 9.17) is 14.2 Å². The predicted octanol–water partition coefficient (Wildman–Crippen LogP) is 4.59. The van der Waals surface area contributed by atoms with Crippen molar-refractivity contribution >= 4 is 6.09 Å². The zero-order chi connectivity index (χ0) is 20.1. The van der Waals surface area contributed by atoms with Gasteiger partial charge < -0.3 is 19.5 Å². The Kier molecular flexibility index (Phi) is 5.66. The Morgan fingerprint density at radius 3 is 2.72 bits per heavy atom. The maximum absolute atomic E-state index is 12.0. The number of fused-ring (bicyclic) bond motifs is 1. The lowest BCUT2D eigenvalue weighted by Crippen LogP contribution is -2.29. The molecule has 5 heteroatoms. The molecular weight excluding hydrogens is 366 g/mol. The van der Waals surface area contributed by atoms with Crippen molar-refractivity contribution < 1.29 is 19.0 Å². The van der Waals surface area contributed by atoms with Gasteiger partial charge >= 0.3 is 6.09 Å². The van der Waals surface area contributed by atoms with E-state index in [-0.39, 0.29) is 12.7 Å². The Hall–Kier alpha value is -3.47. The molecule has 3 aromatic rings. The highest BCUT2D eigenvalue weighted by atomic mass is 16.6. The molecule has 1 unspecified atom stereocenters. The van der Waals surface area contributed by atoms with Crippen molar-refractivity contribution in [2.24, 2.45) is 0 Å². The fourth-order valence-corrected chi connectivity index (χ4v) is 3.44. The Morgan fingerprint density at radius 2 is 1.90 bits per heavy atom. The molecule has 0 saturated carbocycles. The molecule has 1 N–H and O–H groups in total. The summed E-state index contributed by atoms with van der Waals surface area (Å²) in [6, 6.07) is 23.7. The number of benzene rings is 3. The second-order valence-corrected chi connectivity index (χ2v) is 6.91. The number of hydrogen-bond donors (Lipinski definition) is 1. The summed E-state index contributed by atoms with van der Waals surface area (Å²) in [7, 11) is 1.65. The zero-order valence-electron chi connectivity index (χ0n) is 16.3. The molecule has 1 amide bonds. The minimum Gasteiger partial charge on any atom is -0.497 e. The third kappa shape index (κ3) is 4.51. The molecule has 148 valence electrons. The summed E-state index contributed by atoms with van der Waals surface area (Å²) >= 11 is 0. The van der Waals surface area contributed by atoms with Gasteiger partial charge in [-0.2, -0.15) is 0 Å². The Labute approximate surface area is 170 Å². The predicted molar refractivity (Wildman–Crippen MR) is 111 cm³/mol. The van der Waals surface area contributed by atoms with Gasteiger partial charge in [0.15, 0.2) is 0 Å². The molecule has 0 spiro atoms. The lowest BCUT2D eigenvalue weighted by atomic mass is 10.0. The summed E-state index contributed by atoms with van der Waals surface area (Å²) in [5.74, 6) is 1.65. The van der Waals surface area contributed by atoms with Crippen LogP contribution in [0.5, 0.6) is 11.5 Å². The van der Waals surface area contributed by atoms with Crippen LogP contribution in [0.2, 0.25) is 0 Å². The first-order valence-electron chi connectivity index (χ1n) is 9.60. The SMILES string of the molecule is COc1cccc(-c2cccc3c2OC(COC(=O)NCc2ccccc2)C3)c1. The number of carbonyl (C=O) groups is 1. The first-order valence-corrected chi connectivity index (χ1v) is 9.60. The molecule has 3 aromatic carbocycles. The summed E-state index contributed by atoms with van der Waals surface area (Å²) in [6.07, 6.45) is 0.0692. The van der Waals surface area contributed by atoms with Crippen LogP contribution in [0.25, 0.3) is 11.1 Å². The minimum absolute atomic E-state index is 0.195. The maximum Gasteiger partial charge on any atom is 0.407 e. The molecule has 0 saturated heterocycles. The molecule has 0 radical (unpaired) electrons. The number of hydrogen-bond acceptors (Lipinski definition) is 4. The zero-order valence-corrected chi connectivity index (χ0v) is 16.3. The summed E-state index contributed by atoms with van der Waals surface area (Å²) < 4.78 is 16.8. The van der Waals surface area contributed by atoms with E-state index in [1.54, 1.807) is 7.11 Å². The number of alkyl carbamates (subject to hydrolysis) is 1. The van der Waals surface area contributed by atoms with Crippen LogP contribution in [0.4, 0.5) is 4.79 Å². The molecule has 29 heavy (non-hydrogen) atoms. The summed E-state index contributed by atoms with van der Waals surface area (Å²) in [4.78, 5) is 12.0. The number of methoxy groups -OCH3 is 1. The second-order valence-electron chi connectivity index (χ2n) is 6.91. The number of carbonyl (C=O) groups excluding carboxylic acids is 1. The van der Waals surface area contributed by atoms with Crippen LogP contribution < -0.4 is 14.8 Å². The molecule has 0 aromatic heterocycles. The van der Waals surface area contributed by atoms with E-state index < -0.39 is 6.09 Å². The van der Waals surface area contributed by atoms with Crippen molar-refractivity contribution in [2.75, 3.05) is 13.7 Å². The van der Waals surface area contributed by atoms with Gasteiger partial charge in [0.1, 0.15) is 24.2 Å².